The van der Waals surface area contributed by atoms with Crippen molar-refractivity contribution in [2.24, 2.45) is 0 Å². The number of hydrogen-bond acceptors (Lipinski definition) is 3. The van der Waals surface area contributed by atoms with E-state index < -0.39 is 0 Å². The van der Waals surface area contributed by atoms with Crippen LogP contribution in [0.2, 0.25) is 0 Å². The van der Waals surface area contributed by atoms with Crippen molar-refractivity contribution in [3.8, 4) is 0 Å². The first-order chi connectivity index (χ1) is 8.25. The molecule has 0 aromatic heterocycles. The summed E-state index contributed by atoms with van der Waals surface area (Å²) in [5.41, 5.74) is -0.550. The van der Waals surface area contributed by atoms with Gasteiger partial charge in [-0.2, -0.15) is 5.06 Å². The maximum absolute atomic E-state index is 11.5. The van der Waals surface area contributed by atoms with Crippen LogP contribution in [0.1, 0.15) is 53.4 Å². The molecule has 1 aliphatic heterocycles. The third-order valence-electron chi connectivity index (χ3n) is 3.79. The van der Waals surface area contributed by atoms with Crippen LogP contribution >= 0.6 is 22.6 Å². The summed E-state index contributed by atoms with van der Waals surface area (Å²) in [6, 6.07) is 0.155. The van der Waals surface area contributed by atoms with E-state index in [1.807, 2.05) is 13.8 Å². The molecule has 1 amide bonds. The van der Waals surface area contributed by atoms with Gasteiger partial charge in [-0.1, -0.05) is 35.9 Å². The van der Waals surface area contributed by atoms with Gasteiger partial charge in [0.1, 0.15) is 0 Å². The molecule has 0 bridgehead atoms. The van der Waals surface area contributed by atoms with E-state index in [0.717, 1.165) is 25.7 Å². The first-order valence-electron chi connectivity index (χ1n) is 6.60. The molecule has 0 spiro atoms. The molecule has 106 valence electrons. The molecule has 18 heavy (non-hydrogen) atoms. The van der Waals surface area contributed by atoms with Gasteiger partial charge in [-0.25, -0.2) is 0 Å². The molecule has 0 saturated carbocycles. The summed E-state index contributed by atoms with van der Waals surface area (Å²) in [5.74, 6) is 0.0849. The number of hydrogen-bond donors (Lipinski definition) is 2. The number of hydroxylamine groups is 2. The Morgan fingerprint density at radius 1 is 1.44 bits per heavy atom. The smallest absolute Gasteiger partial charge is 0.230 e. The predicted octanol–water partition coefficient (Wildman–Crippen LogP) is 2.73. The maximum Gasteiger partial charge on any atom is 0.230 e. The maximum atomic E-state index is 11.5. The molecule has 2 unspecified atom stereocenters. The van der Waals surface area contributed by atoms with Crippen molar-refractivity contribution in [2.45, 2.75) is 70.5 Å². The number of nitrogens with one attached hydrogen (secondary N) is 1. The van der Waals surface area contributed by atoms with Gasteiger partial charge in [-0.3, -0.25) is 4.79 Å². The molecular weight excluding hydrogens is 343 g/mol. The quantitative estimate of drug-likeness (QED) is 0.593. The molecule has 1 fully saturated rings. The van der Waals surface area contributed by atoms with Crippen LogP contribution in [-0.4, -0.2) is 37.7 Å². The van der Waals surface area contributed by atoms with Crippen molar-refractivity contribution < 1.29 is 10.0 Å². The molecule has 0 aromatic carbocycles. The largest absolute Gasteiger partial charge is 0.353 e. The van der Waals surface area contributed by atoms with Crippen molar-refractivity contribution in [1.82, 2.24) is 10.4 Å². The highest BCUT2D eigenvalue weighted by atomic mass is 127. The van der Waals surface area contributed by atoms with Crippen LogP contribution in [0.25, 0.3) is 0 Å². The minimum absolute atomic E-state index is 0.0849. The summed E-state index contributed by atoms with van der Waals surface area (Å²) >= 11 is 2.08. The minimum Gasteiger partial charge on any atom is -0.353 e. The number of halogens is 1. The number of piperidine rings is 1. The van der Waals surface area contributed by atoms with Gasteiger partial charge in [0.05, 0.1) is 4.43 Å². The topological polar surface area (TPSA) is 52.6 Å². The van der Waals surface area contributed by atoms with Gasteiger partial charge in [-0.05, 0) is 40.0 Å². The zero-order chi connectivity index (χ0) is 14.0. The fraction of sp³-hybridized carbons (Fsp3) is 0.923. The molecule has 2 N–H and O–H groups in total. The zero-order valence-electron chi connectivity index (χ0n) is 11.8. The molecule has 0 aliphatic carbocycles. The van der Waals surface area contributed by atoms with E-state index in [-0.39, 0.29) is 23.0 Å². The third kappa shape index (κ3) is 3.57. The van der Waals surface area contributed by atoms with Gasteiger partial charge < -0.3 is 10.5 Å². The van der Waals surface area contributed by atoms with Crippen LogP contribution < -0.4 is 5.32 Å². The summed E-state index contributed by atoms with van der Waals surface area (Å²) in [7, 11) is 0. The highest BCUT2D eigenvalue weighted by molar-refractivity contribution is 14.1. The van der Waals surface area contributed by atoms with Gasteiger partial charge in [-0.15, -0.1) is 0 Å². The average molecular weight is 368 g/mol. The lowest BCUT2D eigenvalue weighted by Crippen LogP contribution is -2.64. The van der Waals surface area contributed by atoms with E-state index in [4.69, 9.17) is 0 Å². The summed E-state index contributed by atoms with van der Waals surface area (Å²) < 4.78 is 0.488. The van der Waals surface area contributed by atoms with Crippen molar-refractivity contribution in [2.75, 3.05) is 4.43 Å². The Labute approximate surface area is 124 Å². The van der Waals surface area contributed by atoms with Gasteiger partial charge in [0, 0.05) is 17.1 Å². The Hall–Kier alpha value is 0.120. The molecule has 1 heterocycles. The lowest BCUT2D eigenvalue weighted by atomic mass is 9.76. The molecule has 0 aromatic rings. The average Bonchev–Trinajstić information content (AvgIpc) is 2.25. The fourth-order valence-corrected chi connectivity index (χ4v) is 3.44. The second-order valence-electron chi connectivity index (χ2n) is 6.18. The fourth-order valence-electron chi connectivity index (χ4n) is 3.22. The SMILES string of the molecule is CCCC1(C)CC(NC(=O)CI)CC(C)(C)N1O. The highest BCUT2D eigenvalue weighted by Gasteiger charge is 2.47. The van der Waals surface area contributed by atoms with Crippen LogP contribution in [0.3, 0.4) is 0 Å². The van der Waals surface area contributed by atoms with Crippen molar-refractivity contribution in [1.29, 1.82) is 0 Å². The Balaban J connectivity index is 2.84. The van der Waals surface area contributed by atoms with E-state index >= 15 is 0 Å². The molecule has 1 saturated heterocycles. The Morgan fingerprint density at radius 2 is 2.06 bits per heavy atom. The van der Waals surface area contributed by atoms with E-state index in [9.17, 15) is 10.0 Å². The first kappa shape index (κ1) is 16.2. The standard InChI is InChI=1S/C13H25IN2O2/c1-5-6-13(4)8-10(15-11(17)9-14)7-12(2,3)16(13)18/h10,18H,5-9H2,1-4H3,(H,15,17). The Kier molecular flexibility index (Phi) is 5.44. The zero-order valence-corrected chi connectivity index (χ0v) is 14.0. The number of carbonyl (C=O) groups is 1. The molecule has 2 atom stereocenters. The summed E-state index contributed by atoms with van der Waals surface area (Å²) in [6.45, 7) is 8.27. The molecule has 4 nitrogen and oxygen atoms in total. The van der Waals surface area contributed by atoms with Crippen LogP contribution in [-0.2, 0) is 4.79 Å². The van der Waals surface area contributed by atoms with E-state index in [2.05, 4.69) is 41.8 Å². The van der Waals surface area contributed by atoms with Crippen molar-refractivity contribution in [3.05, 3.63) is 0 Å². The highest BCUT2D eigenvalue weighted by Crippen LogP contribution is 2.39. The van der Waals surface area contributed by atoms with Gasteiger partial charge in [0.25, 0.3) is 0 Å². The molecule has 5 heteroatoms. The van der Waals surface area contributed by atoms with Crippen LogP contribution in [0.4, 0.5) is 0 Å². The van der Waals surface area contributed by atoms with Gasteiger partial charge in [0.15, 0.2) is 0 Å². The Morgan fingerprint density at radius 3 is 2.56 bits per heavy atom. The van der Waals surface area contributed by atoms with Crippen molar-refractivity contribution >= 4 is 28.5 Å². The number of alkyl halides is 1. The van der Waals surface area contributed by atoms with Crippen molar-refractivity contribution in [3.63, 3.8) is 0 Å². The second-order valence-corrected chi connectivity index (χ2v) is 6.94. The lowest BCUT2D eigenvalue weighted by molar-refractivity contribution is -0.253. The molecule has 1 aliphatic rings. The predicted molar refractivity (Wildman–Crippen MR) is 81.1 cm³/mol. The number of nitrogens with zero attached hydrogens (tertiary/aromatic N) is 1. The van der Waals surface area contributed by atoms with Gasteiger partial charge in [0.2, 0.25) is 5.91 Å². The van der Waals surface area contributed by atoms with Crippen LogP contribution in [0, 0.1) is 0 Å². The van der Waals surface area contributed by atoms with Crippen LogP contribution in [0.5, 0.6) is 0 Å². The normalized spacial score (nSPS) is 32.2. The number of carbonyl (C=O) groups excluding carboxylic acids is 1. The van der Waals surface area contributed by atoms with Gasteiger partial charge >= 0.3 is 0 Å². The number of amides is 1. The van der Waals surface area contributed by atoms with Crippen LogP contribution in [0.15, 0.2) is 0 Å². The number of rotatable bonds is 4. The summed E-state index contributed by atoms with van der Waals surface area (Å²) in [5, 5.41) is 15.0. The molecule has 0 radical (unpaired) electrons. The first-order valence-corrected chi connectivity index (χ1v) is 8.12. The second kappa shape index (κ2) is 6.05. The van der Waals surface area contributed by atoms with E-state index in [1.54, 1.807) is 0 Å². The molecule has 1 rings (SSSR count). The third-order valence-corrected chi connectivity index (χ3v) is 4.48. The van der Waals surface area contributed by atoms with E-state index in [0.29, 0.717) is 4.43 Å². The summed E-state index contributed by atoms with van der Waals surface area (Å²) in [6.07, 6.45) is 3.55. The lowest BCUT2D eigenvalue weighted by Gasteiger charge is -2.53. The summed E-state index contributed by atoms with van der Waals surface area (Å²) in [4.78, 5) is 11.5. The minimum atomic E-state index is -0.300. The molecular formula is C13H25IN2O2. The van der Waals surface area contributed by atoms with E-state index in [1.165, 1.54) is 5.06 Å². The Bertz CT molecular complexity index is 309. The monoisotopic (exact) mass is 368 g/mol.